The Labute approximate surface area is 39.7 Å². The third-order valence-corrected chi connectivity index (χ3v) is 0. The Bertz CT molecular complexity index is 56.7. The minimum atomic E-state index is -1.50. The molecule has 5 heteroatoms. The van der Waals surface area contributed by atoms with E-state index in [9.17, 15) is 0 Å². The second-order valence-corrected chi connectivity index (χ2v) is 0.474. The van der Waals surface area contributed by atoms with Crippen molar-refractivity contribution in [2.75, 3.05) is 0 Å². The summed E-state index contributed by atoms with van der Waals surface area (Å²) < 4.78 is 0. The van der Waals surface area contributed by atoms with E-state index in [2.05, 4.69) is 0 Å². The molecule has 0 bridgehead atoms. The van der Waals surface area contributed by atoms with Crippen molar-refractivity contribution in [1.29, 1.82) is 0 Å². The summed E-state index contributed by atoms with van der Waals surface area (Å²) in [4.78, 5) is 17.2. The third kappa shape index (κ3) is 31.4. The van der Waals surface area contributed by atoms with Gasteiger partial charge in [0.25, 0.3) is 5.09 Å². The average Bonchev–Trinajstić information content (AvgIpc) is 1.33. The van der Waals surface area contributed by atoms with Gasteiger partial charge in [0.05, 0.1) is 0 Å². The molecular weight excluding hydrogens is 102 g/mol. The molecule has 0 aliphatic heterocycles. The zero-order valence-corrected chi connectivity index (χ0v) is 3.70. The molecule has 0 radical (unpaired) electrons. The second kappa shape index (κ2) is 8.85. The molecule has 0 rings (SSSR count). The maximum atomic E-state index is 8.81. The van der Waals surface area contributed by atoms with Crippen molar-refractivity contribution in [3.63, 3.8) is 0 Å². The summed E-state index contributed by atoms with van der Waals surface area (Å²) in [7, 11) is 0. The van der Waals surface area contributed by atoms with Gasteiger partial charge >= 0.3 is 0 Å². The van der Waals surface area contributed by atoms with Gasteiger partial charge in [0.2, 0.25) is 0 Å². The molecule has 0 amide bonds. The van der Waals surface area contributed by atoms with Crippen molar-refractivity contribution in [2.24, 2.45) is 0 Å². The molecule has 0 aromatic rings. The molecule has 0 saturated carbocycles. The highest BCUT2D eigenvalue weighted by Gasteiger charge is 1.65. The Morgan fingerprint density at radius 1 is 1.86 bits per heavy atom. The van der Waals surface area contributed by atoms with E-state index in [4.69, 9.17) is 20.1 Å². The van der Waals surface area contributed by atoms with Crippen molar-refractivity contribution in [2.45, 2.75) is 6.92 Å². The lowest BCUT2D eigenvalue weighted by molar-refractivity contribution is -0.742. The molecular formula is C2H5NO4. The van der Waals surface area contributed by atoms with Crippen LogP contribution in [0.2, 0.25) is 0 Å². The maximum Gasteiger partial charge on any atom is 0.291 e. The van der Waals surface area contributed by atoms with Crippen LogP contribution >= 0.6 is 0 Å². The highest BCUT2D eigenvalue weighted by atomic mass is 16.9. The van der Waals surface area contributed by atoms with Crippen LogP contribution in [-0.4, -0.2) is 16.6 Å². The van der Waals surface area contributed by atoms with Crippen molar-refractivity contribution in [1.82, 2.24) is 0 Å². The van der Waals surface area contributed by atoms with E-state index >= 15 is 0 Å². The van der Waals surface area contributed by atoms with E-state index in [-0.39, 0.29) is 0 Å². The Morgan fingerprint density at radius 3 is 1.86 bits per heavy atom. The van der Waals surface area contributed by atoms with E-state index in [1.54, 1.807) is 0 Å². The number of aldehydes is 1. The highest BCUT2D eigenvalue weighted by Crippen LogP contribution is 1.38. The molecule has 5 nitrogen and oxygen atoms in total. The average molecular weight is 107 g/mol. The standard InChI is InChI=1S/C2H4O.HNO3/c1-2-3;2-1(3)4/h2H,1H3;(H,2,3,4). The fourth-order valence-corrected chi connectivity index (χ4v) is 0. The molecule has 42 valence electrons. The number of hydrogen-bond acceptors (Lipinski definition) is 3. The molecule has 0 saturated heterocycles. The van der Waals surface area contributed by atoms with Crippen molar-refractivity contribution >= 4 is 6.29 Å². The molecule has 0 aliphatic carbocycles. The van der Waals surface area contributed by atoms with Crippen LogP contribution in [0.15, 0.2) is 0 Å². The molecule has 0 unspecified atom stereocenters. The van der Waals surface area contributed by atoms with Crippen LogP contribution in [0.3, 0.4) is 0 Å². The first kappa shape index (κ1) is 9.30. The van der Waals surface area contributed by atoms with Gasteiger partial charge in [-0.3, -0.25) is 0 Å². The summed E-state index contributed by atoms with van der Waals surface area (Å²) >= 11 is 0. The summed E-state index contributed by atoms with van der Waals surface area (Å²) in [6, 6.07) is 0. The van der Waals surface area contributed by atoms with Crippen molar-refractivity contribution in [3.05, 3.63) is 10.1 Å². The summed E-state index contributed by atoms with van der Waals surface area (Å²) in [5.74, 6) is 0. The van der Waals surface area contributed by atoms with E-state index in [1.807, 2.05) is 0 Å². The number of rotatable bonds is 0. The molecule has 0 fully saturated rings. The van der Waals surface area contributed by atoms with Gasteiger partial charge in [-0.05, 0) is 6.92 Å². The van der Waals surface area contributed by atoms with Crippen LogP contribution in [0.5, 0.6) is 0 Å². The zero-order chi connectivity index (χ0) is 6.28. The highest BCUT2D eigenvalue weighted by molar-refractivity contribution is 5.44. The minimum absolute atomic E-state index is 0.750. The monoisotopic (exact) mass is 107 g/mol. The fourth-order valence-electron chi connectivity index (χ4n) is 0. The molecule has 7 heavy (non-hydrogen) atoms. The van der Waals surface area contributed by atoms with Gasteiger partial charge in [0.15, 0.2) is 0 Å². The largest absolute Gasteiger partial charge is 0.328 e. The van der Waals surface area contributed by atoms with E-state index in [0.29, 0.717) is 0 Å². The van der Waals surface area contributed by atoms with E-state index in [1.165, 1.54) is 6.92 Å². The lowest BCUT2D eigenvalue weighted by atomic mass is 11.0. The van der Waals surface area contributed by atoms with Crippen LogP contribution < -0.4 is 0 Å². The fraction of sp³-hybridized carbons (Fsp3) is 0.500. The number of carbonyl (C=O) groups is 1. The molecule has 0 aromatic heterocycles. The van der Waals surface area contributed by atoms with Gasteiger partial charge in [-0.25, -0.2) is 0 Å². The first-order valence-corrected chi connectivity index (χ1v) is 1.38. The first-order valence-electron chi connectivity index (χ1n) is 1.38. The first-order chi connectivity index (χ1) is 3.15. The van der Waals surface area contributed by atoms with Crippen LogP contribution in [0.25, 0.3) is 0 Å². The summed E-state index contributed by atoms with van der Waals surface area (Å²) in [6.07, 6.45) is 0.750. The molecule has 0 atom stereocenters. The second-order valence-electron chi connectivity index (χ2n) is 0.474. The van der Waals surface area contributed by atoms with Crippen molar-refractivity contribution in [3.8, 4) is 0 Å². The van der Waals surface area contributed by atoms with Gasteiger partial charge in [0, 0.05) is 0 Å². The molecule has 0 heterocycles. The normalized spacial score (nSPS) is 5.29. The predicted octanol–water partition coefficient (Wildman–Crippen LogP) is -0.143. The number of nitrogens with zero attached hydrogens (tertiary/aromatic N) is 1. The quantitative estimate of drug-likeness (QED) is 0.265. The Balaban J connectivity index is 0. The van der Waals surface area contributed by atoms with Gasteiger partial charge in [-0.15, -0.1) is 10.1 Å². The van der Waals surface area contributed by atoms with E-state index < -0.39 is 5.09 Å². The van der Waals surface area contributed by atoms with Crippen LogP contribution in [0, 0.1) is 10.1 Å². The third-order valence-electron chi connectivity index (χ3n) is 0. The summed E-state index contributed by atoms with van der Waals surface area (Å²) in [5.41, 5.74) is 0. The van der Waals surface area contributed by atoms with Crippen molar-refractivity contribution < 1.29 is 15.1 Å². The lowest BCUT2D eigenvalue weighted by Gasteiger charge is -1.56. The molecule has 0 aromatic carbocycles. The smallest absolute Gasteiger partial charge is 0.291 e. The van der Waals surface area contributed by atoms with Crippen LogP contribution in [0.4, 0.5) is 0 Å². The zero-order valence-electron chi connectivity index (χ0n) is 3.70. The topological polar surface area (TPSA) is 80.4 Å². The maximum absolute atomic E-state index is 8.81. The summed E-state index contributed by atoms with van der Waals surface area (Å²) in [6.45, 7) is 1.44. The van der Waals surface area contributed by atoms with Crippen LogP contribution in [-0.2, 0) is 4.79 Å². The minimum Gasteiger partial charge on any atom is -0.328 e. The molecule has 0 spiro atoms. The van der Waals surface area contributed by atoms with Gasteiger partial charge in [-0.1, -0.05) is 0 Å². The molecule has 0 aliphatic rings. The van der Waals surface area contributed by atoms with Gasteiger partial charge in [0.1, 0.15) is 6.29 Å². The van der Waals surface area contributed by atoms with Gasteiger partial charge < -0.3 is 10.0 Å². The Kier molecular flexibility index (Phi) is 11.8. The summed E-state index contributed by atoms with van der Waals surface area (Å²) in [5, 5.41) is 13.6. The SMILES string of the molecule is CC=O.O=[N+]([O-])O. The Morgan fingerprint density at radius 2 is 1.86 bits per heavy atom. The van der Waals surface area contributed by atoms with Gasteiger partial charge in [-0.2, -0.15) is 0 Å². The Hall–Kier alpha value is -1.13. The molecule has 1 N–H and O–H groups in total. The predicted molar refractivity (Wildman–Crippen MR) is 20.5 cm³/mol. The number of hydrogen-bond donors (Lipinski definition) is 1. The lowest BCUT2D eigenvalue weighted by Crippen LogP contribution is -1.81. The van der Waals surface area contributed by atoms with E-state index in [0.717, 1.165) is 6.29 Å². The van der Waals surface area contributed by atoms with Crippen LogP contribution in [0.1, 0.15) is 6.92 Å². The number of carbonyl (C=O) groups excluding carboxylic acids is 1.